The van der Waals surface area contributed by atoms with Gasteiger partial charge >= 0.3 is 11.8 Å². The fourth-order valence-electron chi connectivity index (χ4n) is 8.02. The highest BCUT2D eigenvalue weighted by Crippen LogP contribution is 2.35. The van der Waals surface area contributed by atoms with Gasteiger partial charge in [0.25, 0.3) is 29.5 Å². The Morgan fingerprint density at radius 3 is 0.917 bits per heavy atom. The molecule has 26 nitrogen and oxygen atoms in total. The molecule has 0 aliphatic heterocycles. The molecule has 0 aromatic carbocycles. The summed E-state index contributed by atoms with van der Waals surface area (Å²) in [6.45, 7) is 65.2. The lowest BCUT2D eigenvalue weighted by Crippen LogP contribution is -2.42. The number of hydrogen-bond acceptors (Lipinski definition) is 14. The Hall–Kier alpha value is -7.22. The Morgan fingerprint density at radius 1 is 0.364 bits per heavy atom. The Bertz CT molecular complexity index is 2760. The molecular weight excluding hydrogens is 1580 g/mol. The second kappa shape index (κ2) is 73.2. The maximum atomic E-state index is 12.9. The van der Waals surface area contributed by atoms with E-state index in [1.165, 1.54) is 47.5 Å². The van der Waals surface area contributed by atoms with Gasteiger partial charge in [-0.3, -0.25) is 57.5 Å². The molecule has 3 aliphatic rings. The summed E-state index contributed by atoms with van der Waals surface area (Å²) in [6, 6.07) is 1.33. The standard InChI is InChI=1S/2C9H17NO2.C8H14FNO.C8H15NO.C8H17NO.C7H13F2NO.C7H14FNO.2C7H15NO.C6H11F2NO.C6H12FNO.C6H13NO/c1-6(2)10-9(11)8(12-3)7-4-5-7;1-6(2)10-9(12)7(3)5-8(4)11;1-5(2)10-8(11)7(9)6-3-4-6;1-6(2)9-8(10)5-7-3-4-7;1-5-7(4)8(10)9-6(2)3;1-4-7(8,9)6(11)10-5(2)3;1-5(2)9-6(10)7(3,4)8;1-5(2)7(9)8-6(3)4;1-4-5-7(9)8-6(2)3;1-4(2)9-5(10)6(3,7)8;1-4(2)8-6(9)5(3)7;1-4-6(8)7-5(2)3/h6-8H,4-5H2,1-3H3,(H,10,11);6-7H,5H2,1-4H3,(H,10,12);5-7H,3-4H2,1-2H3,(H,10,11);6-7H,3-5H2,1-2H3,(H,9,10);6-7H,5H2,1-4H3,(H,9,10);5H,4H2,1-3H3,(H,10,11);5H,1-4H3,(H,9,10);5-6H,1-4H3,(H,8,9);6H,4-5H2,1-3H3,(H,8,9);4H,1-3H3,(H,9,10);4-5H,1-3H3,(H,8,9);5H,4H2,1-3H3,(H,7,8). The molecule has 3 rings (SSSR count). The number of alkyl halides is 7. The number of Topliss-reactive ketones (excluding diaryl/α,β-unsaturated/α-hetero) is 1. The first-order chi connectivity index (χ1) is 54.9. The third-order valence-electron chi connectivity index (χ3n) is 14.7. The lowest BCUT2D eigenvalue weighted by Gasteiger charge is -2.16. The lowest BCUT2D eigenvalue weighted by molar-refractivity contribution is -0.146. The second-order valence-corrected chi connectivity index (χ2v) is 34.8. The molecule has 0 aromatic rings. The van der Waals surface area contributed by atoms with Crippen LogP contribution < -0.4 is 63.8 Å². The van der Waals surface area contributed by atoms with Crippen molar-refractivity contribution in [1.82, 2.24) is 63.8 Å². The SMILES string of the molecule is CC(=O)CC(C)C(=O)NC(C)C.CC(C)NC(=O)C(C)(C)F.CC(C)NC(=O)C(C)(F)F.CC(C)NC(=O)C(C)C.CC(C)NC(=O)C(C)F.CC(C)NC(=O)C(F)C1CC1.CC(C)NC(=O)CC1CC1.CCC(=O)NC(C)C.CCC(C)C(=O)NC(C)C.CCC(F)(F)C(=O)NC(C)C.CCCC(=O)NC(C)C.COC(C(=O)NC(C)C)C1CC1. The van der Waals surface area contributed by atoms with Gasteiger partial charge in [-0.05, 0) is 263 Å². The molecular formula is C88H173F7N12O14. The predicted octanol–water partition coefficient (Wildman–Crippen LogP) is 14.4. The van der Waals surface area contributed by atoms with Crippen molar-refractivity contribution in [1.29, 1.82) is 0 Å². The van der Waals surface area contributed by atoms with Crippen molar-refractivity contribution < 1.29 is 97.8 Å². The van der Waals surface area contributed by atoms with Crippen LogP contribution in [0.5, 0.6) is 0 Å². The average molecular weight is 1760 g/mol. The first kappa shape index (κ1) is 132. The van der Waals surface area contributed by atoms with Crippen molar-refractivity contribution in [2.24, 2.45) is 35.5 Å². The van der Waals surface area contributed by atoms with Gasteiger partial charge in [0.05, 0.1) is 0 Å². The van der Waals surface area contributed by atoms with E-state index in [0.717, 1.165) is 44.9 Å². The van der Waals surface area contributed by atoms with E-state index in [1.807, 2.05) is 152 Å². The summed E-state index contributed by atoms with van der Waals surface area (Å²) in [6.07, 6.45) is 7.33. The number of halogens is 7. The first-order valence-corrected chi connectivity index (χ1v) is 43.3. The topological polar surface area (TPSA) is 375 Å². The van der Waals surface area contributed by atoms with Crippen LogP contribution >= 0.6 is 0 Å². The van der Waals surface area contributed by atoms with E-state index in [9.17, 15) is 93.1 Å². The number of hydrogen-bond donors (Lipinski definition) is 12. The molecule has 0 radical (unpaired) electrons. The highest BCUT2D eigenvalue weighted by Gasteiger charge is 2.39. The Kier molecular flexibility index (Phi) is 79.7. The van der Waals surface area contributed by atoms with E-state index in [0.29, 0.717) is 44.1 Å². The molecule has 718 valence electrons. The van der Waals surface area contributed by atoms with Gasteiger partial charge in [-0.25, -0.2) is 13.2 Å². The van der Waals surface area contributed by atoms with E-state index in [-0.39, 0.29) is 143 Å². The molecule has 33 heteroatoms. The summed E-state index contributed by atoms with van der Waals surface area (Å²) < 4.78 is 91.9. The number of carbonyl (C=O) groups is 13. The molecule has 3 saturated carbocycles. The van der Waals surface area contributed by atoms with E-state index >= 15 is 0 Å². The maximum Gasteiger partial charge on any atom is 0.324 e. The third kappa shape index (κ3) is 96.5. The van der Waals surface area contributed by atoms with Gasteiger partial charge in [0.1, 0.15) is 11.9 Å². The van der Waals surface area contributed by atoms with Crippen LogP contribution in [0.4, 0.5) is 30.7 Å². The fraction of sp³-hybridized carbons (Fsp3) is 0.852. The van der Waals surface area contributed by atoms with Crippen LogP contribution in [0.2, 0.25) is 0 Å². The van der Waals surface area contributed by atoms with Crippen molar-refractivity contribution in [3.05, 3.63) is 0 Å². The van der Waals surface area contributed by atoms with Crippen molar-refractivity contribution in [2.75, 3.05) is 7.11 Å². The van der Waals surface area contributed by atoms with Crippen LogP contribution in [0, 0.1) is 35.5 Å². The zero-order chi connectivity index (χ0) is 97.5. The van der Waals surface area contributed by atoms with Crippen LogP contribution in [-0.4, -0.2) is 192 Å². The quantitative estimate of drug-likeness (QED) is 0.0272. The number of nitrogens with one attached hydrogen (secondary N) is 12. The zero-order valence-corrected chi connectivity index (χ0v) is 81.7. The summed E-state index contributed by atoms with van der Waals surface area (Å²) in [5.41, 5.74) is -1.76. The molecule has 5 unspecified atom stereocenters. The van der Waals surface area contributed by atoms with Crippen LogP contribution in [-0.2, 0) is 67.1 Å². The maximum absolute atomic E-state index is 12.9. The van der Waals surface area contributed by atoms with Crippen molar-refractivity contribution in [3.8, 4) is 0 Å². The van der Waals surface area contributed by atoms with E-state index < -0.39 is 65.8 Å². The number of methoxy groups -OCH3 is 1. The predicted molar refractivity (Wildman–Crippen MR) is 473 cm³/mol. The minimum absolute atomic E-state index is 0.00234. The smallest absolute Gasteiger partial charge is 0.324 e. The van der Waals surface area contributed by atoms with Crippen LogP contribution in [0.15, 0.2) is 0 Å². The van der Waals surface area contributed by atoms with Gasteiger partial charge in [-0.15, -0.1) is 0 Å². The van der Waals surface area contributed by atoms with Gasteiger partial charge in [-0.2, -0.15) is 17.6 Å². The van der Waals surface area contributed by atoms with Crippen molar-refractivity contribution in [2.45, 2.75) is 448 Å². The third-order valence-corrected chi connectivity index (χ3v) is 14.7. The minimum atomic E-state index is -3.26. The summed E-state index contributed by atoms with van der Waals surface area (Å²) in [7, 11) is 1.60. The molecule has 0 spiro atoms. The molecule has 0 heterocycles. The molecule has 0 saturated heterocycles. The molecule has 0 aromatic heterocycles. The number of rotatable bonds is 33. The van der Waals surface area contributed by atoms with Crippen molar-refractivity contribution >= 4 is 76.7 Å². The minimum Gasteiger partial charge on any atom is -0.371 e. The Balaban J connectivity index is -0.000000162. The number of carbonyl (C=O) groups excluding carboxylic acids is 13. The largest absolute Gasteiger partial charge is 0.371 e. The molecule has 0 bridgehead atoms. The molecule has 3 aliphatic carbocycles. The van der Waals surface area contributed by atoms with Gasteiger partial charge in [0.2, 0.25) is 41.4 Å². The first-order valence-electron chi connectivity index (χ1n) is 43.3. The van der Waals surface area contributed by atoms with Crippen molar-refractivity contribution in [3.63, 3.8) is 0 Å². The number of amides is 12. The van der Waals surface area contributed by atoms with Crippen LogP contribution in [0.1, 0.15) is 340 Å². The van der Waals surface area contributed by atoms with Gasteiger partial charge < -0.3 is 73.3 Å². The van der Waals surface area contributed by atoms with Gasteiger partial charge in [0.15, 0.2) is 18.0 Å². The van der Waals surface area contributed by atoms with Crippen LogP contribution in [0.25, 0.3) is 0 Å². The van der Waals surface area contributed by atoms with E-state index in [1.54, 1.807) is 69.4 Å². The molecule has 12 amide bonds. The zero-order valence-electron chi connectivity index (χ0n) is 81.7. The number of ketones is 1. The highest BCUT2D eigenvalue weighted by molar-refractivity contribution is 5.87. The normalized spacial score (nSPS) is 13.7. The molecule has 3 fully saturated rings. The molecule has 5 atom stereocenters. The molecule has 121 heavy (non-hydrogen) atoms. The molecule has 12 N–H and O–H groups in total. The highest BCUT2D eigenvalue weighted by atomic mass is 19.3. The summed E-state index contributed by atoms with van der Waals surface area (Å²) >= 11 is 0. The van der Waals surface area contributed by atoms with E-state index in [4.69, 9.17) is 4.74 Å². The Morgan fingerprint density at radius 2 is 0.678 bits per heavy atom. The summed E-state index contributed by atoms with van der Waals surface area (Å²) in [5, 5.41) is 31.4. The average Bonchev–Trinajstić information content (AvgIpc) is 1.72. The Labute approximate surface area is 726 Å². The summed E-state index contributed by atoms with van der Waals surface area (Å²) in [5.74, 6) is -8.33. The monoisotopic (exact) mass is 1760 g/mol. The second-order valence-electron chi connectivity index (χ2n) is 34.8. The summed E-state index contributed by atoms with van der Waals surface area (Å²) in [4.78, 5) is 141. The van der Waals surface area contributed by atoms with Gasteiger partial charge in [-0.1, -0.05) is 55.4 Å². The fourth-order valence-corrected chi connectivity index (χ4v) is 8.02. The van der Waals surface area contributed by atoms with Crippen LogP contribution in [0.3, 0.4) is 0 Å². The lowest BCUT2D eigenvalue weighted by atomic mass is 10.0. The van der Waals surface area contributed by atoms with Gasteiger partial charge in [0, 0.05) is 136 Å². The number of ether oxygens (including phenoxy) is 1. The van der Waals surface area contributed by atoms with E-state index in [2.05, 4.69) is 63.8 Å².